The number of thiophene rings is 1. The minimum atomic E-state index is -0.199. The zero-order chi connectivity index (χ0) is 13.8. The van der Waals surface area contributed by atoms with Gasteiger partial charge in [-0.2, -0.15) is 0 Å². The average Bonchev–Trinajstić information content (AvgIpc) is 2.95. The van der Waals surface area contributed by atoms with E-state index >= 15 is 0 Å². The third-order valence-electron chi connectivity index (χ3n) is 2.49. The molecule has 0 aliphatic heterocycles. The Morgan fingerprint density at radius 2 is 2.37 bits per heavy atom. The molecule has 0 bridgehead atoms. The zero-order valence-electron chi connectivity index (χ0n) is 10.5. The first-order chi connectivity index (χ1) is 9.13. The number of ether oxygens (including phenoxy) is 1. The Bertz CT molecular complexity index is 579. The highest BCUT2D eigenvalue weighted by Gasteiger charge is 2.22. The summed E-state index contributed by atoms with van der Waals surface area (Å²) >= 11 is 4.90. The molecule has 2 aromatic heterocycles. The van der Waals surface area contributed by atoms with Crippen LogP contribution in [0.25, 0.3) is 10.6 Å². The highest BCUT2D eigenvalue weighted by atomic mass is 79.9. The molecule has 5 nitrogen and oxygen atoms in total. The summed E-state index contributed by atoms with van der Waals surface area (Å²) in [6.45, 7) is 2.65. The lowest BCUT2D eigenvalue weighted by atomic mass is 10.1. The number of carbonyl (C=O) groups excluding carboxylic acids is 1. The Morgan fingerprint density at radius 3 is 3.00 bits per heavy atom. The molecule has 0 aromatic carbocycles. The molecular formula is C12H13BrN2O3S. The van der Waals surface area contributed by atoms with E-state index in [0.717, 1.165) is 8.66 Å². The highest BCUT2D eigenvalue weighted by molar-refractivity contribution is 9.11. The number of hydrogen-bond donors (Lipinski definition) is 1. The summed E-state index contributed by atoms with van der Waals surface area (Å²) in [5.41, 5.74) is 1.05. The van der Waals surface area contributed by atoms with Gasteiger partial charge in [0.25, 0.3) is 5.91 Å². The molecule has 2 aromatic rings. The van der Waals surface area contributed by atoms with E-state index in [4.69, 9.17) is 9.26 Å². The molecule has 0 aliphatic rings. The van der Waals surface area contributed by atoms with E-state index in [1.165, 1.54) is 11.3 Å². The third kappa shape index (κ3) is 3.23. The normalized spacial score (nSPS) is 10.7. The van der Waals surface area contributed by atoms with E-state index < -0.39 is 0 Å². The standard InChI is InChI=1S/C12H13BrN2O3S/c1-7-10(12(16)14-5-6-17-2)11(15-18-7)8-3-4-9(13)19-8/h3-4H,5-6H2,1-2H3,(H,14,16). The molecule has 2 heterocycles. The Labute approximate surface area is 123 Å². The fourth-order valence-corrected chi connectivity index (χ4v) is 2.98. The van der Waals surface area contributed by atoms with Gasteiger partial charge in [0.15, 0.2) is 0 Å². The first kappa shape index (κ1) is 14.2. The van der Waals surface area contributed by atoms with Gasteiger partial charge in [-0.25, -0.2) is 0 Å². The molecule has 1 N–H and O–H groups in total. The van der Waals surface area contributed by atoms with Crippen molar-refractivity contribution >= 4 is 33.2 Å². The molecule has 0 saturated heterocycles. The van der Waals surface area contributed by atoms with E-state index in [1.54, 1.807) is 14.0 Å². The second kappa shape index (κ2) is 6.31. The van der Waals surface area contributed by atoms with Crippen molar-refractivity contribution in [3.05, 3.63) is 27.2 Å². The number of aryl methyl sites for hydroxylation is 1. The van der Waals surface area contributed by atoms with E-state index in [0.29, 0.717) is 30.2 Å². The van der Waals surface area contributed by atoms with Crippen LogP contribution in [0.15, 0.2) is 20.4 Å². The summed E-state index contributed by atoms with van der Waals surface area (Å²) in [4.78, 5) is 13.0. The fourth-order valence-electron chi connectivity index (χ4n) is 1.60. The van der Waals surface area contributed by atoms with E-state index in [-0.39, 0.29) is 5.91 Å². The van der Waals surface area contributed by atoms with Crippen molar-refractivity contribution < 1.29 is 14.1 Å². The number of nitrogens with one attached hydrogen (secondary N) is 1. The van der Waals surface area contributed by atoms with Crippen molar-refractivity contribution in [2.24, 2.45) is 0 Å². The molecule has 0 unspecified atom stereocenters. The number of nitrogens with zero attached hydrogens (tertiary/aromatic N) is 1. The van der Waals surface area contributed by atoms with Gasteiger partial charge in [0.2, 0.25) is 0 Å². The Balaban J connectivity index is 2.25. The lowest BCUT2D eigenvalue weighted by molar-refractivity contribution is 0.0936. The van der Waals surface area contributed by atoms with E-state index in [9.17, 15) is 4.79 Å². The van der Waals surface area contributed by atoms with Gasteiger partial charge in [0.1, 0.15) is 17.0 Å². The summed E-state index contributed by atoms with van der Waals surface area (Å²) in [5.74, 6) is 0.310. The molecular weight excluding hydrogens is 332 g/mol. The predicted octanol–water partition coefficient (Wildman–Crippen LogP) is 2.85. The van der Waals surface area contributed by atoms with Gasteiger partial charge in [0, 0.05) is 13.7 Å². The summed E-state index contributed by atoms with van der Waals surface area (Å²) in [6, 6.07) is 3.81. The zero-order valence-corrected chi connectivity index (χ0v) is 12.9. The van der Waals surface area contributed by atoms with Crippen molar-refractivity contribution in [2.45, 2.75) is 6.92 Å². The molecule has 0 fully saturated rings. The van der Waals surface area contributed by atoms with Crippen molar-refractivity contribution in [1.29, 1.82) is 0 Å². The number of carbonyl (C=O) groups is 1. The van der Waals surface area contributed by atoms with E-state index in [2.05, 4.69) is 26.4 Å². The first-order valence-electron chi connectivity index (χ1n) is 5.62. The van der Waals surface area contributed by atoms with Gasteiger partial charge >= 0.3 is 0 Å². The predicted molar refractivity (Wildman–Crippen MR) is 76.5 cm³/mol. The summed E-state index contributed by atoms with van der Waals surface area (Å²) in [7, 11) is 1.59. The Hall–Kier alpha value is -1.18. The van der Waals surface area contributed by atoms with Gasteiger partial charge in [-0.3, -0.25) is 4.79 Å². The lowest BCUT2D eigenvalue weighted by Gasteiger charge is -2.04. The number of rotatable bonds is 5. The Morgan fingerprint density at radius 1 is 1.58 bits per heavy atom. The SMILES string of the molecule is COCCNC(=O)c1c(-c2ccc(Br)s2)noc1C. The van der Waals surface area contributed by atoms with Gasteiger partial charge < -0.3 is 14.6 Å². The maximum atomic E-state index is 12.1. The smallest absolute Gasteiger partial charge is 0.257 e. The number of amides is 1. The number of hydrogen-bond acceptors (Lipinski definition) is 5. The molecule has 102 valence electrons. The molecule has 0 atom stereocenters. The summed E-state index contributed by atoms with van der Waals surface area (Å²) in [5, 5.41) is 6.74. The van der Waals surface area contributed by atoms with E-state index in [1.807, 2.05) is 12.1 Å². The lowest BCUT2D eigenvalue weighted by Crippen LogP contribution is -2.27. The summed E-state index contributed by atoms with van der Waals surface area (Å²) in [6.07, 6.45) is 0. The first-order valence-corrected chi connectivity index (χ1v) is 7.23. The average molecular weight is 345 g/mol. The molecule has 7 heteroatoms. The van der Waals surface area contributed by atoms with Crippen molar-refractivity contribution in [3.63, 3.8) is 0 Å². The number of halogens is 1. The maximum Gasteiger partial charge on any atom is 0.257 e. The summed E-state index contributed by atoms with van der Waals surface area (Å²) < 4.78 is 11.0. The third-order valence-corrected chi connectivity index (χ3v) is 4.12. The monoisotopic (exact) mass is 344 g/mol. The second-order valence-corrected chi connectivity index (χ2v) is 6.28. The van der Waals surface area contributed by atoms with Crippen LogP contribution < -0.4 is 5.32 Å². The Kier molecular flexibility index (Phi) is 4.73. The van der Waals surface area contributed by atoms with Gasteiger partial charge in [-0.1, -0.05) is 5.16 Å². The number of aromatic nitrogens is 1. The maximum absolute atomic E-state index is 12.1. The van der Waals surface area contributed by atoms with Crippen LogP contribution >= 0.6 is 27.3 Å². The molecule has 2 rings (SSSR count). The highest BCUT2D eigenvalue weighted by Crippen LogP contribution is 2.33. The van der Waals surface area contributed by atoms with Crippen LogP contribution in [0.1, 0.15) is 16.1 Å². The topological polar surface area (TPSA) is 64.4 Å². The van der Waals surface area contributed by atoms with Crippen LogP contribution in [0.3, 0.4) is 0 Å². The molecule has 0 spiro atoms. The van der Waals surface area contributed by atoms with Crippen LogP contribution in [0.2, 0.25) is 0 Å². The second-order valence-electron chi connectivity index (χ2n) is 3.81. The molecule has 0 radical (unpaired) electrons. The minimum absolute atomic E-state index is 0.199. The minimum Gasteiger partial charge on any atom is -0.383 e. The van der Waals surface area contributed by atoms with Gasteiger partial charge in [-0.05, 0) is 35.0 Å². The van der Waals surface area contributed by atoms with Crippen LogP contribution in [-0.2, 0) is 4.74 Å². The molecule has 0 saturated carbocycles. The number of methoxy groups -OCH3 is 1. The van der Waals surface area contributed by atoms with Crippen LogP contribution in [0.5, 0.6) is 0 Å². The van der Waals surface area contributed by atoms with Crippen LogP contribution in [0, 0.1) is 6.92 Å². The van der Waals surface area contributed by atoms with Crippen molar-refractivity contribution in [3.8, 4) is 10.6 Å². The van der Waals surface area contributed by atoms with Gasteiger partial charge in [0.05, 0.1) is 15.3 Å². The van der Waals surface area contributed by atoms with Crippen LogP contribution in [0.4, 0.5) is 0 Å². The fraction of sp³-hybridized carbons (Fsp3) is 0.333. The largest absolute Gasteiger partial charge is 0.383 e. The molecule has 19 heavy (non-hydrogen) atoms. The molecule has 1 amide bonds. The van der Waals surface area contributed by atoms with Crippen LogP contribution in [-0.4, -0.2) is 31.3 Å². The molecule has 0 aliphatic carbocycles. The quantitative estimate of drug-likeness (QED) is 0.847. The van der Waals surface area contributed by atoms with Crippen molar-refractivity contribution in [1.82, 2.24) is 10.5 Å². The van der Waals surface area contributed by atoms with Gasteiger partial charge in [-0.15, -0.1) is 11.3 Å². The van der Waals surface area contributed by atoms with Crippen molar-refractivity contribution in [2.75, 3.05) is 20.3 Å².